The van der Waals surface area contributed by atoms with Gasteiger partial charge in [-0.1, -0.05) is 6.07 Å². The highest BCUT2D eigenvalue weighted by atomic mass is 32.2. The Morgan fingerprint density at radius 2 is 2.31 bits per heavy atom. The van der Waals surface area contributed by atoms with E-state index in [9.17, 15) is 4.79 Å². The molecule has 0 saturated carbocycles. The molecule has 0 aromatic carbocycles. The molecule has 0 radical (unpaired) electrons. The van der Waals surface area contributed by atoms with Crippen LogP contribution in [-0.2, 0) is 5.75 Å². The van der Waals surface area contributed by atoms with Crippen molar-refractivity contribution in [3.63, 3.8) is 0 Å². The van der Waals surface area contributed by atoms with Gasteiger partial charge in [0.25, 0.3) is 0 Å². The lowest BCUT2D eigenvalue weighted by Crippen LogP contribution is -1.97. The van der Waals surface area contributed by atoms with E-state index in [1.165, 1.54) is 0 Å². The second-order valence-corrected chi connectivity index (χ2v) is 4.44. The number of carboxylic acid groups (broad SMARTS) is 1. The van der Waals surface area contributed by atoms with Gasteiger partial charge in [0, 0.05) is 6.20 Å². The highest BCUT2D eigenvalue weighted by Crippen LogP contribution is 2.17. The number of nitrogens with zero attached hydrogens (tertiary/aromatic N) is 2. The molecule has 0 bridgehead atoms. The fourth-order valence-corrected chi connectivity index (χ4v) is 2.10. The minimum atomic E-state index is -0.978. The Balaban J connectivity index is 2.71. The molecule has 2 rings (SSSR count). The van der Waals surface area contributed by atoms with Crippen LogP contribution in [0.2, 0.25) is 0 Å². The average molecular weight is 236 g/mol. The molecule has 2 aromatic heterocycles. The van der Waals surface area contributed by atoms with Gasteiger partial charge in [-0.15, -0.1) is 0 Å². The van der Waals surface area contributed by atoms with Gasteiger partial charge >= 0.3 is 5.97 Å². The van der Waals surface area contributed by atoms with Crippen LogP contribution in [0.4, 0.5) is 0 Å². The maximum absolute atomic E-state index is 11.0. The van der Waals surface area contributed by atoms with Gasteiger partial charge in [-0.3, -0.25) is 0 Å². The molecular formula is C11H12N2O2S. The van der Waals surface area contributed by atoms with Crippen LogP contribution < -0.4 is 0 Å². The van der Waals surface area contributed by atoms with Crippen LogP contribution in [0, 0.1) is 6.92 Å². The Kier molecular flexibility index (Phi) is 2.87. The van der Waals surface area contributed by atoms with Gasteiger partial charge in [-0.2, -0.15) is 11.8 Å². The summed E-state index contributed by atoms with van der Waals surface area (Å²) < 4.78 is 1.86. The third kappa shape index (κ3) is 1.78. The van der Waals surface area contributed by atoms with Crippen LogP contribution in [0.25, 0.3) is 5.52 Å². The first-order valence-corrected chi connectivity index (χ1v) is 6.22. The van der Waals surface area contributed by atoms with Crippen molar-refractivity contribution in [2.24, 2.45) is 0 Å². The summed E-state index contributed by atoms with van der Waals surface area (Å²) in [6, 6.07) is 3.70. The predicted molar refractivity (Wildman–Crippen MR) is 64.1 cm³/mol. The number of aryl methyl sites for hydroxylation is 1. The molecule has 0 aliphatic carbocycles. The van der Waals surface area contributed by atoms with Crippen molar-refractivity contribution in [3.05, 3.63) is 35.4 Å². The van der Waals surface area contributed by atoms with Crippen molar-refractivity contribution in [1.82, 2.24) is 9.38 Å². The van der Waals surface area contributed by atoms with Crippen LogP contribution in [0.3, 0.4) is 0 Å². The molecule has 5 heteroatoms. The van der Waals surface area contributed by atoms with Gasteiger partial charge in [0.15, 0.2) is 5.69 Å². The molecule has 16 heavy (non-hydrogen) atoms. The molecule has 4 nitrogen and oxygen atoms in total. The van der Waals surface area contributed by atoms with Crippen molar-refractivity contribution in [1.29, 1.82) is 0 Å². The minimum Gasteiger partial charge on any atom is -0.476 e. The van der Waals surface area contributed by atoms with E-state index >= 15 is 0 Å². The number of imidazole rings is 1. The number of pyridine rings is 1. The zero-order chi connectivity index (χ0) is 11.7. The topological polar surface area (TPSA) is 54.6 Å². The quantitative estimate of drug-likeness (QED) is 0.887. The molecule has 0 amide bonds. The van der Waals surface area contributed by atoms with Crippen molar-refractivity contribution in [2.45, 2.75) is 12.7 Å². The second kappa shape index (κ2) is 4.17. The zero-order valence-electron chi connectivity index (χ0n) is 9.10. The van der Waals surface area contributed by atoms with E-state index in [-0.39, 0.29) is 5.69 Å². The van der Waals surface area contributed by atoms with E-state index in [1.54, 1.807) is 17.8 Å². The van der Waals surface area contributed by atoms with Crippen LogP contribution in [-0.4, -0.2) is 26.7 Å². The lowest BCUT2D eigenvalue weighted by molar-refractivity contribution is 0.0693. The van der Waals surface area contributed by atoms with E-state index in [0.717, 1.165) is 11.4 Å². The molecule has 84 valence electrons. The van der Waals surface area contributed by atoms with E-state index in [1.807, 2.05) is 29.8 Å². The Hall–Kier alpha value is -1.49. The predicted octanol–water partition coefficient (Wildman–Crippen LogP) is 2.20. The normalized spacial score (nSPS) is 10.9. The number of thioether (sulfide) groups is 1. The lowest BCUT2D eigenvalue weighted by atomic mass is 10.2. The third-order valence-electron chi connectivity index (χ3n) is 2.33. The van der Waals surface area contributed by atoms with Gasteiger partial charge in [-0.05, 0) is 24.8 Å². The summed E-state index contributed by atoms with van der Waals surface area (Å²) in [5.41, 5.74) is 1.87. The van der Waals surface area contributed by atoms with Crippen LogP contribution in [0.5, 0.6) is 0 Å². The standard InChI is InChI=1S/C11H12N2O2S/c1-7-3-4-8-10(11(14)15)12-9(6-16-2)13(8)5-7/h3-5H,6H2,1-2H3,(H,14,15). The maximum atomic E-state index is 11.0. The molecular weight excluding hydrogens is 224 g/mol. The SMILES string of the molecule is CSCc1nc(C(=O)O)c2ccc(C)cn12. The second-order valence-electron chi connectivity index (χ2n) is 3.58. The number of carboxylic acids is 1. The number of hydrogen-bond donors (Lipinski definition) is 1. The van der Waals surface area contributed by atoms with E-state index in [4.69, 9.17) is 5.11 Å². The van der Waals surface area contributed by atoms with Crippen molar-refractivity contribution in [3.8, 4) is 0 Å². The molecule has 0 saturated heterocycles. The summed E-state index contributed by atoms with van der Waals surface area (Å²) in [6.07, 6.45) is 3.89. The van der Waals surface area contributed by atoms with Crippen molar-refractivity contribution >= 4 is 23.2 Å². The first kappa shape index (κ1) is 11.0. The smallest absolute Gasteiger partial charge is 0.356 e. The number of fused-ring (bicyclic) bond motifs is 1. The van der Waals surface area contributed by atoms with E-state index in [2.05, 4.69) is 4.98 Å². The zero-order valence-corrected chi connectivity index (χ0v) is 9.91. The molecule has 2 heterocycles. The summed E-state index contributed by atoms with van der Waals surface area (Å²) in [5.74, 6) is 0.509. The Morgan fingerprint density at radius 3 is 2.94 bits per heavy atom. The molecule has 0 unspecified atom stereocenters. The Bertz CT molecular complexity index is 548. The number of rotatable bonds is 3. The van der Waals surface area contributed by atoms with E-state index in [0.29, 0.717) is 11.3 Å². The molecule has 0 spiro atoms. The van der Waals surface area contributed by atoms with Gasteiger partial charge in [0.1, 0.15) is 5.82 Å². The molecule has 1 N–H and O–H groups in total. The van der Waals surface area contributed by atoms with Gasteiger partial charge in [0.05, 0.1) is 11.3 Å². The summed E-state index contributed by atoms with van der Waals surface area (Å²) in [7, 11) is 0. The fourth-order valence-electron chi connectivity index (χ4n) is 1.64. The molecule has 0 atom stereocenters. The first-order chi connectivity index (χ1) is 7.63. The third-order valence-corrected chi connectivity index (χ3v) is 2.88. The molecule has 0 aliphatic rings. The van der Waals surface area contributed by atoms with Gasteiger partial charge < -0.3 is 9.51 Å². The highest BCUT2D eigenvalue weighted by Gasteiger charge is 2.15. The number of hydrogen-bond acceptors (Lipinski definition) is 3. The lowest BCUT2D eigenvalue weighted by Gasteiger charge is -2.00. The molecule has 0 aliphatic heterocycles. The van der Waals surface area contributed by atoms with Crippen LogP contribution in [0.15, 0.2) is 18.3 Å². The number of carbonyl (C=O) groups is 1. The fraction of sp³-hybridized carbons (Fsp3) is 0.273. The van der Waals surface area contributed by atoms with Gasteiger partial charge in [0.2, 0.25) is 0 Å². The largest absolute Gasteiger partial charge is 0.476 e. The number of aromatic carboxylic acids is 1. The van der Waals surface area contributed by atoms with E-state index < -0.39 is 5.97 Å². The van der Waals surface area contributed by atoms with Crippen molar-refractivity contribution < 1.29 is 9.90 Å². The average Bonchev–Trinajstić information content (AvgIpc) is 2.58. The maximum Gasteiger partial charge on any atom is 0.356 e. The summed E-state index contributed by atoms with van der Waals surface area (Å²) in [6.45, 7) is 1.97. The highest BCUT2D eigenvalue weighted by molar-refractivity contribution is 7.97. The van der Waals surface area contributed by atoms with Crippen molar-refractivity contribution in [2.75, 3.05) is 6.26 Å². The summed E-state index contributed by atoms with van der Waals surface area (Å²) in [4.78, 5) is 15.2. The Morgan fingerprint density at radius 1 is 1.56 bits per heavy atom. The number of aromatic nitrogens is 2. The van der Waals surface area contributed by atoms with Crippen LogP contribution >= 0.6 is 11.8 Å². The molecule has 2 aromatic rings. The summed E-state index contributed by atoms with van der Waals surface area (Å²) >= 11 is 1.62. The summed E-state index contributed by atoms with van der Waals surface area (Å²) in [5, 5.41) is 9.05. The minimum absolute atomic E-state index is 0.129. The van der Waals surface area contributed by atoms with Gasteiger partial charge in [-0.25, -0.2) is 9.78 Å². The first-order valence-electron chi connectivity index (χ1n) is 4.83. The van der Waals surface area contributed by atoms with Crippen LogP contribution in [0.1, 0.15) is 21.9 Å². The Labute approximate surface area is 97.3 Å². The monoisotopic (exact) mass is 236 g/mol. The molecule has 0 fully saturated rings.